The Hall–Kier alpha value is -1.00. The predicted molar refractivity (Wildman–Crippen MR) is 78.3 cm³/mol. The maximum Gasteiger partial charge on any atom is 0.126 e. The highest BCUT2D eigenvalue weighted by Crippen LogP contribution is 2.60. The fourth-order valence-corrected chi connectivity index (χ4v) is 4.20. The van der Waals surface area contributed by atoms with Gasteiger partial charge in [0.2, 0.25) is 0 Å². The van der Waals surface area contributed by atoms with Crippen LogP contribution in [0, 0.1) is 17.0 Å². The summed E-state index contributed by atoms with van der Waals surface area (Å²) in [5, 5.41) is 3.37. The van der Waals surface area contributed by atoms with Crippen LogP contribution in [0.15, 0.2) is 18.2 Å². The molecule has 1 aliphatic carbocycles. The number of halogens is 2. The van der Waals surface area contributed by atoms with Gasteiger partial charge in [-0.3, -0.25) is 0 Å². The molecule has 2 aliphatic rings. The molecular formula is C17H23F2NO. The molecule has 116 valence electrons. The van der Waals surface area contributed by atoms with Gasteiger partial charge < -0.3 is 10.1 Å². The highest BCUT2D eigenvalue weighted by molar-refractivity contribution is 5.33. The summed E-state index contributed by atoms with van der Waals surface area (Å²) in [7, 11) is 0. The van der Waals surface area contributed by atoms with Crippen LogP contribution in [0.4, 0.5) is 8.78 Å². The van der Waals surface area contributed by atoms with Crippen molar-refractivity contribution in [3.63, 3.8) is 0 Å². The Morgan fingerprint density at radius 2 is 1.71 bits per heavy atom. The van der Waals surface area contributed by atoms with Crippen molar-refractivity contribution in [3.8, 4) is 0 Å². The molecule has 1 aromatic rings. The minimum absolute atomic E-state index is 0.129. The van der Waals surface area contributed by atoms with Crippen molar-refractivity contribution in [2.24, 2.45) is 5.41 Å². The van der Waals surface area contributed by atoms with E-state index in [4.69, 9.17) is 4.74 Å². The largest absolute Gasteiger partial charge is 0.381 e. The van der Waals surface area contributed by atoms with Gasteiger partial charge in [-0.05, 0) is 55.3 Å². The lowest BCUT2D eigenvalue weighted by atomic mass is 9.48. The van der Waals surface area contributed by atoms with Crippen LogP contribution < -0.4 is 5.32 Å². The first-order chi connectivity index (χ1) is 10.1. The smallest absolute Gasteiger partial charge is 0.126 e. The van der Waals surface area contributed by atoms with Crippen LogP contribution in [-0.2, 0) is 10.2 Å². The molecule has 2 fully saturated rings. The van der Waals surface area contributed by atoms with E-state index in [0.717, 1.165) is 63.6 Å². The quantitative estimate of drug-likeness (QED) is 0.919. The highest BCUT2D eigenvalue weighted by atomic mass is 19.1. The zero-order valence-corrected chi connectivity index (χ0v) is 12.6. The lowest BCUT2D eigenvalue weighted by molar-refractivity contribution is -0.0737. The summed E-state index contributed by atoms with van der Waals surface area (Å²) in [6.45, 7) is 5.34. The molecule has 3 rings (SSSR count). The van der Waals surface area contributed by atoms with E-state index in [0.29, 0.717) is 5.41 Å². The van der Waals surface area contributed by atoms with Gasteiger partial charge in [-0.15, -0.1) is 0 Å². The number of rotatable bonds is 4. The van der Waals surface area contributed by atoms with Gasteiger partial charge in [0.05, 0.1) is 0 Å². The van der Waals surface area contributed by atoms with E-state index in [-0.39, 0.29) is 5.41 Å². The Morgan fingerprint density at radius 1 is 1.10 bits per heavy atom. The molecule has 0 aromatic heterocycles. The Balaban J connectivity index is 1.85. The molecule has 1 spiro atoms. The van der Waals surface area contributed by atoms with Crippen LogP contribution in [0.25, 0.3) is 0 Å². The first-order valence-corrected chi connectivity index (χ1v) is 7.83. The van der Waals surface area contributed by atoms with Gasteiger partial charge in [0.1, 0.15) is 11.6 Å². The van der Waals surface area contributed by atoms with Crippen molar-refractivity contribution in [1.82, 2.24) is 5.32 Å². The minimum Gasteiger partial charge on any atom is -0.381 e. The fraction of sp³-hybridized carbons (Fsp3) is 0.647. The van der Waals surface area contributed by atoms with Crippen molar-refractivity contribution >= 4 is 0 Å². The molecule has 4 heteroatoms. The van der Waals surface area contributed by atoms with E-state index in [1.165, 1.54) is 12.1 Å². The predicted octanol–water partition coefficient (Wildman–Crippen LogP) is 3.40. The first-order valence-electron chi connectivity index (χ1n) is 7.83. The average Bonchev–Trinajstić information content (AvgIpc) is 2.42. The van der Waals surface area contributed by atoms with E-state index >= 15 is 0 Å². The summed E-state index contributed by atoms with van der Waals surface area (Å²) in [5.41, 5.74) is 0.991. The summed E-state index contributed by atoms with van der Waals surface area (Å²) in [5.74, 6) is -0.956. The monoisotopic (exact) mass is 295 g/mol. The number of benzene rings is 1. The van der Waals surface area contributed by atoms with Crippen molar-refractivity contribution in [2.75, 3.05) is 26.3 Å². The van der Waals surface area contributed by atoms with Crippen LogP contribution in [-0.4, -0.2) is 26.3 Å². The molecule has 1 aromatic carbocycles. The average molecular weight is 295 g/mol. The van der Waals surface area contributed by atoms with Crippen LogP contribution >= 0.6 is 0 Å². The lowest BCUT2D eigenvalue weighted by Gasteiger charge is -2.58. The Bertz CT molecular complexity index is 483. The van der Waals surface area contributed by atoms with E-state index in [2.05, 4.69) is 12.2 Å². The molecule has 21 heavy (non-hydrogen) atoms. The van der Waals surface area contributed by atoms with Crippen LogP contribution in [0.5, 0.6) is 0 Å². The van der Waals surface area contributed by atoms with Crippen molar-refractivity contribution in [2.45, 2.75) is 38.0 Å². The normalized spacial score (nSPS) is 23.0. The zero-order valence-electron chi connectivity index (χ0n) is 12.6. The third-order valence-corrected chi connectivity index (χ3v) is 5.17. The molecule has 1 aliphatic heterocycles. The molecule has 1 heterocycles. The number of hydrogen-bond donors (Lipinski definition) is 1. The Labute approximate surface area is 124 Å². The Morgan fingerprint density at radius 3 is 2.29 bits per heavy atom. The van der Waals surface area contributed by atoms with Crippen LogP contribution in [0.2, 0.25) is 0 Å². The van der Waals surface area contributed by atoms with Crippen LogP contribution in [0.3, 0.4) is 0 Å². The van der Waals surface area contributed by atoms with Gasteiger partial charge in [-0.2, -0.15) is 0 Å². The standard InChI is InChI=1S/C17H23F2NO/c1-2-20-12-17(13-7-14(18)9-15(19)8-13)10-16(11-17)3-5-21-6-4-16/h7-9,20H,2-6,10-12H2,1H3. The summed E-state index contributed by atoms with van der Waals surface area (Å²) in [4.78, 5) is 0. The summed E-state index contributed by atoms with van der Waals surface area (Å²) in [6.07, 6.45) is 4.13. The summed E-state index contributed by atoms with van der Waals surface area (Å²) < 4.78 is 32.6. The van der Waals surface area contributed by atoms with E-state index in [9.17, 15) is 8.78 Å². The van der Waals surface area contributed by atoms with Gasteiger partial charge in [0.25, 0.3) is 0 Å². The molecule has 1 N–H and O–H groups in total. The summed E-state index contributed by atoms with van der Waals surface area (Å²) in [6, 6.07) is 3.96. The van der Waals surface area contributed by atoms with E-state index < -0.39 is 11.6 Å². The second kappa shape index (κ2) is 5.65. The van der Waals surface area contributed by atoms with Gasteiger partial charge in [0.15, 0.2) is 0 Å². The van der Waals surface area contributed by atoms with Gasteiger partial charge in [0, 0.05) is 31.2 Å². The molecule has 0 amide bonds. The van der Waals surface area contributed by atoms with Crippen LogP contribution in [0.1, 0.15) is 38.2 Å². The fourth-order valence-electron chi connectivity index (χ4n) is 4.20. The Kier molecular flexibility index (Phi) is 4.02. The van der Waals surface area contributed by atoms with Gasteiger partial charge >= 0.3 is 0 Å². The van der Waals surface area contributed by atoms with E-state index in [1.54, 1.807) is 0 Å². The maximum absolute atomic E-state index is 13.6. The number of nitrogens with one attached hydrogen (secondary N) is 1. The number of ether oxygens (including phenoxy) is 1. The summed E-state index contributed by atoms with van der Waals surface area (Å²) >= 11 is 0. The zero-order chi connectivity index (χ0) is 14.9. The number of likely N-dealkylation sites (N-methyl/N-ethyl adjacent to an activating group) is 1. The highest BCUT2D eigenvalue weighted by Gasteiger charge is 2.55. The van der Waals surface area contributed by atoms with Crippen molar-refractivity contribution in [3.05, 3.63) is 35.4 Å². The second-order valence-electron chi connectivity index (χ2n) is 6.68. The maximum atomic E-state index is 13.6. The second-order valence-corrected chi connectivity index (χ2v) is 6.68. The molecule has 1 saturated heterocycles. The van der Waals surface area contributed by atoms with Gasteiger partial charge in [-0.1, -0.05) is 6.92 Å². The molecule has 0 radical (unpaired) electrons. The molecule has 2 nitrogen and oxygen atoms in total. The first kappa shape index (κ1) is 14.9. The molecular weight excluding hydrogens is 272 g/mol. The van der Waals surface area contributed by atoms with Crippen molar-refractivity contribution in [1.29, 1.82) is 0 Å². The third kappa shape index (κ3) is 2.84. The minimum atomic E-state index is -0.478. The molecule has 0 atom stereocenters. The lowest BCUT2D eigenvalue weighted by Crippen LogP contribution is -2.56. The third-order valence-electron chi connectivity index (χ3n) is 5.17. The van der Waals surface area contributed by atoms with Gasteiger partial charge in [-0.25, -0.2) is 8.78 Å². The molecule has 1 saturated carbocycles. The van der Waals surface area contributed by atoms with Crippen molar-refractivity contribution < 1.29 is 13.5 Å². The SMILES string of the molecule is CCNCC1(c2cc(F)cc(F)c2)CC2(CCOCC2)C1. The van der Waals surface area contributed by atoms with E-state index in [1.807, 2.05) is 0 Å². The molecule has 0 bridgehead atoms. The molecule has 0 unspecified atom stereocenters. The topological polar surface area (TPSA) is 21.3 Å². The number of hydrogen-bond acceptors (Lipinski definition) is 2.